The number of hydrogen-bond donors (Lipinski definition) is 1. The maximum atomic E-state index is 10.9. The van der Waals surface area contributed by atoms with Crippen LogP contribution in [0, 0.1) is 0 Å². The third-order valence-electron chi connectivity index (χ3n) is 2.74. The lowest BCUT2D eigenvalue weighted by atomic mass is 10.1. The summed E-state index contributed by atoms with van der Waals surface area (Å²) < 4.78 is 2.03. The van der Waals surface area contributed by atoms with E-state index in [1.54, 1.807) is 6.07 Å². The molecule has 0 unspecified atom stereocenters. The molecule has 0 radical (unpaired) electrons. The molecular formula is C14H11N3O. The molecule has 18 heavy (non-hydrogen) atoms. The number of benzene rings is 1. The van der Waals surface area contributed by atoms with Gasteiger partial charge in [0.15, 0.2) is 0 Å². The van der Waals surface area contributed by atoms with Crippen LogP contribution in [0.15, 0.2) is 65.7 Å². The summed E-state index contributed by atoms with van der Waals surface area (Å²) in [6, 6.07) is 15.1. The lowest BCUT2D eigenvalue weighted by Crippen LogP contribution is -2.05. The summed E-state index contributed by atoms with van der Waals surface area (Å²) in [7, 11) is 0. The van der Waals surface area contributed by atoms with E-state index in [1.165, 1.54) is 6.07 Å². The minimum Gasteiger partial charge on any atom is -0.324 e. The van der Waals surface area contributed by atoms with E-state index in [0.29, 0.717) is 0 Å². The quantitative estimate of drug-likeness (QED) is 0.743. The van der Waals surface area contributed by atoms with Crippen molar-refractivity contribution in [3.8, 4) is 16.9 Å². The normalized spacial score (nSPS) is 10.4. The van der Waals surface area contributed by atoms with Crippen LogP contribution in [-0.4, -0.2) is 14.8 Å². The molecule has 0 bridgehead atoms. The standard InChI is InChI=1S/C14H11N3O/c18-14-8-7-13(15-16-14)11-3-5-12(6-4-11)17-9-1-2-10-17/h1-10H,(H,16,18). The zero-order valence-electron chi connectivity index (χ0n) is 9.58. The average molecular weight is 237 g/mol. The van der Waals surface area contributed by atoms with Crippen LogP contribution < -0.4 is 5.56 Å². The van der Waals surface area contributed by atoms with Crippen LogP contribution >= 0.6 is 0 Å². The van der Waals surface area contributed by atoms with Gasteiger partial charge in [0.2, 0.25) is 0 Å². The van der Waals surface area contributed by atoms with Crippen LogP contribution in [0.5, 0.6) is 0 Å². The van der Waals surface area contributed by atoms with Gasteiger partial charge in [-0.3, -0.25) is 4.79 Å². The molecule has 0 atom stereocenters. The van der Waals surface area contributed by atoms with Crippen molar-refractivity contribution < 1.29 is 0 Å². The van der Waals surface area contributed by atoms with Gasteiger partial charge in [0, 0.05) is 29.7 Å². The topological polar surface area (TPSA) is 50.7 Å². The fourth-order valence-corrected chi connectivity index (χ4v) is 1.82. The summed E-state index contributed by atoms with van der Waals surface area (Å²) in [6.07, 6.45) is 3.99. The Labute approximate surface area is 104 Å². The summed E-state index contributed by atoms with van der Waals surface area (Å²) >= 11 is 0. The van der Waals surface area contributed by atoms with Crippen LogP contribution in [0.1, 0.15) is 0 Å². The number of nitrogens with one attached hydrogen (secondary N) is 1. The van der Waals surface area contributed by atoms with Gasteiger partial charge in [-0.2, -0.15) is 5.10 Å². The summed E-state index contributed by atoms with van der Waals surface area (Å²) in [5.41, 5.74) is 2.63. The van der Waals surface area contributed by atoms with Crippen molar-refractivity contribution >= 4 is 0 Å². The Balaban J connectivity index is 1.96. The third-order valence-corrected chi connectivity index (χ3v) is 2.74. The molecule has 3 rings (SSSR count). The molecule has 4 nitrogen and oxygen atoms in total. The van der Waals surface area contributed by atoms with Gasteiger partial charge in [0.25, 0.3) is 5.56 Å². The molecule has 0 amide bonds. The maximum absolute atomic E-state index is 10.9. The molecule has 0 spiro atoms. The van der Waals surface area contributed by atoms with Crippen LogP contribution in [0.2, 0.25) is 0 Å². The summed E-state index contributed by atoms with van der Waals surface area (Å²) in [4.78, 5) is 10.9. The second kappa shape index (κ2) is 4.33. The van der Waals surface area contributed by atoms with Gasteiger partial charge in [-0.05, 0) is 30.3 Å². The molecule has 88 valence electrons. The van der Waals surface area contributed by atoms with Crippen LogP contribution in [0.25, 0.3) is 16.9 Å². The second-order valence-electron chi connectivity index (χ2n) is 3.94. The first-order valence-electron chi connectivity index (χ1n) is 5.62. The van der Waals surface area contributed by atoms with Crippen molar-refractivity contribution in [1.29, 1.82) is 0 Å². The number of rotatable bonds is 2. The first-order chi connectivity index (χ1) is 8.83. The lowest BCUT2D eigenvalue weighted by molar-refractivity contribution is 0.995. The first-order valence-corrected chi connectivity index (χ1v) is 5.62. The minimum atomic E-state index is -0.192. The molecule has 0 aliphatic carbocycles. The zero-order chi connectivity index (χ0) is 12.4. The van der Waals surface area contributed by atoms with Gasteiger partial charge < -0.3 is 4.57 Å². The molecule has 0 aliphatic rings. The van der Waals surface area contributed by atoms with Gasteiger partial charge in [-0.1, -0.05) is 12.1 Å². The SMILES string of the molecule is O=c1ccc(-c2ccc(-n3cccc3)cc2)n[nH]1. The highest BCUT2D eigenvalue weighted by atomic mass is 16.1. The van der Waals surface area contributed by atoms with Gasteiger partial charge in [-0.15, -0.1) is 0 Å². The Kier molecular flexibility index (Phi) is 2.53. The Bertz CT molecular complexity index is 676. The Morgan fingerprint density at radius 1 is 0.944 bits per heavy atom. The van der Waals surface area contributed by atoms with Gasteiger partial charge in [0.1, 0.15) is 0 Å². The van der Waals surface area contributed by atoms with Crippen molar-refractivity contribution in [3.05, 3.63) is 71.3 Å². The van der Waals surface area contributed by atoms with Gasteiger partial charge in [-0.25, -0.2) is 5.10 Å². The largest absolute Gasteiger partial charge is 0.324 e. The highest BCUT2D eigenvalue weighted by Crippen LogP contribution is 2.17. The van der Waals surface area contributed by atoms with E-state index in [0.717, 1.165) is 16.9 Å². The third kappa shape index (κ3) is 1.96. The Morgan fingerprint density at radius 3 is 2.28 bits per heavy atom. The molecule has 1 N–H and O–H groups in total. The smallest absolute Gasteiger partial charge is 0.264 e. The molecular weight excluding hydrogens is 226 g/mol. The number of H-pyrrole nitrogens is 1. The second-order valence-corrected chi connectivity index (χ2v) is 3.94. The fraction of sp³-hybridized carbons (Fsp3) is 0. The van der Waals surface area contributed by atoms with Gasteiger partial charge in [0.05, 0.1) is 5.69 Å². The van der Waals surface area contributed by atoms with Crippen molar-refractivity contribution in [3.63, 3.8) is 0 Å². The summed E-state index contributed by atoms with van der Waals surface area (Å²) in [6.45, 7) is 0. The van der Waals surface area contributed by atoms with E-state index in [-0.39, 0.29) is 5.56 Å². The molecule has 0 saturated carbocycles. The van der Waals surface area contributed by atoms with E-state index in [9.17, 15) is 4.79 Å². The zero-order valence-corrected chi connectivity index (χ0v) is 9.58. The Hall–Kier alpha value is -2.62. The fourth-order valence-electron chi connectivity index (χ4n) is 1.82. The monoisotopic (exact) mass is 237 g/mol. The molecule has 0 saturated heterocycles. The van der Waals surface area contributed by atoms with E-state index < -0.39 is 0 Å². The van der Waals surface area contributed by atoms with E-state index in [1.807, 2.05) is 53.4 Å². The van der Waals surface area contributed by atoms with Crippen molar-refractivity contribution in [2.24, 2.45) is 0 Å². The van der Waals surface area contributed by atoms with Crippen molar-refractivity contribution in [1.82, 2.24) is 14.8 Å². The number of nitrogens with zero attached hydrogens (tertiary/aromatic N) is 2. The molecule has 3 aromatic rings. The van der Waals surface area contributed by atoms with Crippen molar-refractivity contribution in [2.45, 2.75) is 0 Å². The predicted molar refractivity (Wildman–Crippen MR) is 69.6 cm³/mol. The number of aromatic nitrogens is 3. The van der Waals surface area contributed by atoms with Crippen molar-refractivity contribution in [2.75, 3.05) is 0 Å². The predicted octanol–water partition coefficient (Wildman–Crippen LogP) is 2.23. The maximum Gasteiger partial charge on any atom is 0.264 e. The molecule has 2 aromatic heterocycles. The van der Waals surface area contributed by atoms with Crippen LogP contribution in [0.3, 0.4) is 0 Å². The molecule has 4 heteroatoms. The van der Waals surface area contributed by atoms with E-state index in [2.05, 4.69) is 10.2 Å². The van der Waals surface area contributed by atoms with E-state index in [4.69, 9.17) is 0 Å². The highest BCUT2D eigenvalue weighted by molar-refractivity contribution is 5.60. The molecule has 0 aliphatic heterocycles. The molecule has 1 aromatic carbocycles. The van der Waals surface area contributed by atoms with Crippen LogP contribution in [-0.2, 0) is 0 Å². The van der Waals surface area contributed by atoms with Gasteiger partial charge >= 0.3 is 0 Å². The first kappa shape index (κ1) is 10.5. The van der Waals surface area contributed by atoms with E-state index >= 15 is 0 Å². The lowest BCUT2D eigenvalue weighted by Gasteiger charge is -2.04. The highest BCUT2D eigenvalue weighted by Gasteiger charge is 2.00. The Morgan fingerprint density at radius 2 is 1.67 bits per heavy atom. The number of hydrogen-bond acceptors (Lipinski definition) is 2. The minimum absolute atomic E-state index is 0.192. The van der Waals surface area contributed by atoms with Crippen LogP contribution in [0.4, 0.5) is 0 Å². The molecule has 0 fully saturated rings. The number of aromatic amines is 1. The average Bonchev–Trinajstić information content (AvgIpc) is 2.94. The summed E-state index contributed by atoms with van der Waals surface area (Å²) in [5.74, 6) is 0. The summed E-state index contributed by atoms with van der Waals surface area (Å²) in [5, 5.41) is 6.43. The molecule has 2 heterocycles.